The molecule has 2 rings (SSSR count). The van der Waals surface area contributed by atoms with Crippen LogP contribution in [0.15, 0.2) is 18.0 Å². The predicted molar refractivity (Wildman–Crippen MR) is 58.3 cm³/mol. The summed E-state index contributed by atoms with van der Waals surface area (Å²) in [6, 6.07) is 0. The van der Waals surface area contributed by atoms with Crippen molar-refractivity contribution in [3.8, 4) is 0 Å². The molecule has 0 aliphatic carbocycles. The minimum absolute atomic E-state index is 0.169. The minimum Gasteiger partial charge on any atom is -0.292 e. The second-order valence-electron chi connectivity index (χ2n) is 3.74. The van der Waals surface area contributed by atoms with Crippen LogP contribution in [0.5, 0.6) is 0 Å². The maximum atomic E-state index is 11.5. The van der Waals surface area contributed by atoms with Gasteiger partial charge in [0.2, 0.25) is 5.91 Å². The van der Waals surface area contributed by atoms with E-state index in [1.54, 1.807) is 10.9 Å². The molecule has 1 fully saturated rings. The Morgan fingerprint density at radius 3 is 2.81 bits per heavy atom. The summed E-state index contributed by atoms with van der Waals surface area (Å²) in [5.41, 5.74) is 2.26. The Hall–Kier alpha value is -1.91. The zero-order valence-electron chi connectivity index (χ0n) is 9.28. The molecule has 5 heteroatoms. The molecular weight excluding hydrogens is 206 g/mol. The number of allylic oxidation sites excluding steroid dienone is 1. The van der Waals surface area contributed by atoms with Crippen molar-refractivity contribution in [2.45, 2.75) is 26.8 Å². The van der Waals surface area contributed by atoms with Crippen LogP contribution in [0.25, 0.3) is 5.57 Å². The smallest absolute Gasteiger partial charge is 0.254 e. The summed E-state index contributed by atoms with van der Waals surface area (Å²) in [5, 5.41) is 6.41. The van der Waals surface area contributed by atoms with Gasteiger partial charge in [-0.1, -0.05) is 0 Å². The minimum atomic E-state index is -0.285. The molecule has 0 unspecified atom stereocenters. The second-order valence-corrected chi connectivity index (χ2v) is 3.74. The molecule has 5 nitrogen and oxygen atoms in total. The van der Waals surface area contributed by atoms with Crippen LogP contribution >= 0.6 is 0 Å². The number of aromatic nitrogens is 2. The summed E-state index contributed by atoms with van der Waals surface area (Å²) in [6.07, 6.45) is 3.75. The number of aryl methyl sites for hydroxylation is 1. The molecule has 1 aliphatic rings. The molecule has 0 radical (unpaired) electrons. The summed E-state index contributed by atoms with van der Waals surface area (Å²) in [4.78, 5) is 22.5. The van der Waals surface area contributed by atoms with Crippen molar-refractivity contribution in [3.05, 3.63) is 23.5 Å². The van der Waals surface area contributed by atoms with Gasteiger partial charge in [-0.25, -0.2) is 0 Å². The monoisotopic (exact) mass is 219 g/mol. The van der Waals surface area contributed by atoms with Crippen molar-refractivity contribution in [2.75, 3.05) is 0 Å². The summed E-state index contributed by atoms with van der Waals surface area (Å²) in [7, 11) is 0. The third kappa shape index (κ3) is 1.76. The topological polar surface area (TPSA) is 64.0 Å². The fourth-order valence-electron chi connectivity index (χ4n) is 1.69. The lowest BCUT2D eigenvalue weighted by Gasteiger charge is -1.99. The Bertz CT molecular complexity index is 485. The first-order chi connectivity index (χ1) is 7.61. The molecule has 0 atom stereocenters. The molecule has 0 saturated carbocycles. The zero-order chi connectivity index (χ0) is 11.7. The van der Waals surface area contributed by atoms with Crippen molar-refractivity contribution in [1.82, 2.24) is 15.1 Å². The number of carbonyl (C=O) groups excluding carboxylic acids is 2. The summed E-state index contributed by atoms with van der Waals surface area (Å²) < 4.78 is 1.79. The average molecular weight is 219 g/mol. The third-order valence-electron chi connectivity index (χ3n) is 2.71. The molecule has 16 heavy (non-hydrogen) atoms. The Kier molecular flexibility index (Phi) is 2.60. The molecule has 1 saturated heterocycles. The summed E-state index contributed by atoms with van der Waals surface area (Å²) in [5.74, 6) is -0.519. The van der Waals surface area contributed by atoms with E-state index in [1.807, 2.05) is 20.0 Å². The highest BCUT2D eigenvalue weighted by Crippen LogP contribution is 2.22. The molecule has 2 amide bonds. The lowest BCUT2D eigenvalue weighted by atomic mass is 10.0. The first-order valence-corrected chi connectivity index (χ1v) is 5.18. The highest BCUT2D eigenvalue weighted by atomic mass is 16.2. The van der Waals surface area contributed by atoms with Crippen molar-refractivity contribution < 1.29 is 9.59 Å². The standard InChI is InChI=1S/C11H13N3O2/c1-3-14-6-8(5-12-14)7(2)9-4-10(15)13-11(9)16/h5-6H,3-4H2,1-2H3,(H,13,15,16). The van der Waals surface area contributed by atoms with Gasteiger partial charge < -0.3 is 0 Å². The molecule has 0 bridgehead atoms. The lowest BCUT2D eigenvalue weighted by Crippen LogP contribution is -2.19. The number of hydrogen-bond acceptors (Lipinski definition) is 3. The van der Waals surface area contributed by atoms with Gasteiger partial charge in [-0.05, 0) is 19.4 Å². The van der Waals surface area contributed by atoms with E-state index in [1.165, 1.54) is 0 Å². The molecular formula is C11H13N3O2. The van der Waals surface area contributed by atoms with Crippen LogP contribution in [-0.2, 0) is 16.1 Å². The van der Waals surface area contributed by atoms with E-state index in [4.69, 9.17) is 0 Å². The molecule has 1 aliphatic heterocycles. The molecule has 1 aromatic heterocycles. The second kappa shape index (κ2) is 3.92. The number of carbonyl (C=O) groups is 2. The predicted octanol–water partition coefficient (Wildman–Crippen LogP) is 0.723. The van der Waals surface area contributed by atoms with Gasteiger partial charge in [-0.3, -0.25) is 19.6 Å². The maximum Gasteiger partial charge on any atom is 0.254 e. The van der Waals surface area contributed by atoms with Gasteiger partial charge in [0.1, 0.15) is 0 Å². The van der Waals surface area contributed by atoms with Crippen LogP contribution in [-0.4, -0.2) is 21.6 Å². The van der Waals surface area contributed by atoms with Crippen molar-refractivity contribution >= 4 is 17.4 Å². The summed E-state index contributed by atoms with van der Waals surface area (Å²) >= 11 is 0. The summed E-state index contributed by atoms with van der Waals surface area (Å²) in [6.45, 7) is 4.61. The lowest BCUT2D eigenvalue weighted by molar-refractivity contribution is -0.124. The van der Waals surface area contributed by atoms with E-state index < -0.39 is 0 Å². The Morgan fingerprint density at radius 2 is 2.31 bits per heavy atom. The van der Waals surface area contributed by atoms with Gasteiger partial charge in [0.05, 0.1) is 12.6 Å². The first-order valence-electron chi connectivity index (χ1n) is 5.18. The average Bonchev–Trinajstić information content (AvgIpc) is 2.84. The number of imide groups is 1. The van der Waals surface area contributed by atoms with Crippen LogP contribution in [0.1, 0.15) is 25.8 Å². The quantitative estimate of drug-likeness (QED) is 0.589. The fourth-order valence-corrected chi connectivity index (χ4v) is 1.69. The van der Waals surface area contributed by atoms with Crippen molar-refractivity contribution in [3.63, 3.8) is 0 Å². The van der Waals surface area contributed by atoms with Gasteiger partial charge in [0.15, 0.2) is 0 Å². The van der Waals surface area contributed by atoms with E-state index in [0.717, 1.165) is 17.7 Å². The molecule has 1 N–H and O–H groups in total. The number of hydrogen-bond donors (Lipinski definition) is 1. The molecule has 1 aromatic rings. The zero-order valence-corrected chi connectivity index (χ0v) is 9.28. The Morgan fingerprint density at radius 1 is 1.56 bits per heavy atom. The SMILES string of the molecule is CCn1cc(C(C)=C2CC(=O)NC2=O)cn1. The third-order valence-corrected chi connectivity index (χ3v) is 2.71. The molecule has 2 heterocycles. The number of nitrogens with zero attached hydrogens (tertiary/aromatic N) is 2. The number of rotatable bonds is 2. The van der Waals surface area contributed by atoms with Crippen LogP contribution < -0.4 is 5.32 Å². The van der Waals surface area contributed by atoms with E-state index in [2.05, 4.69) is 10.4 Å². The fraction of sp³-hybridized carbons (Fsp3) is 0.364. The van der Waals surface area contributed by atoms with E-state index >= 15 is 0 Å². The van der Waals surface area contributed by atoms with E-state index in [-0.39, 0.29) is 18.2 Å². The van der Waals surface area contributed by atoms with Gasteiger partial charge in [-0.2, -0.15) is 5.10 Å². The first kappa shape index (κ1) is 10.6. The highest BCUT2D eigenvalue weighted by Gasteiger charge is 2.26. The number of nitrogens with one attached hydrogen (secondary N) is 1. The maximum absolute atomic E-state index is 11.5. The van der Waals surface area contributed by atoms with E-state index in [9.17, 15) is 9.59 Å². The van der Waals surface area contributed by atoms with Crippen LogP contribution in [0.2, 0.25) is 0 Å². The van der Waals surface area contributed by atoms with Crippen LogP contribution in [0.4, 0.5) is 0 Å². The highest BCUT2D eigenvalue weighted by molar-refractivity contribution is 6.17. The largest absolute Gasteiger partial charge is 0.292 e. The van der Waals surface area contributed by atoms with Gasteiger partial charge in [-0.15, -0.1) is 0 Å². The molecule has 0 aromatic carbocycles. The molecule has 84 valence electrons. The Balaban J connectivity index is 2.36. The van der Waals surface area contributed by atoms with Crippen molar-refractivity contribution in [2.24, 2.45) is 0 Å². The van der Waals surface area contributed by atoms with Crippen molar-refractivity contribution in [1.29, 1.82) is 0 Å². The van der Waals surface area contributed by atoms with Gasteiger partial charge >= 0.3 is 0 Å². The van der Waals surface area contributed by atoms with E-state index in [0.29, 0.717) is 5.57 Å². The van der Waals surface area contributed by atoms with Crippen LogP contribution in [0.3, 0.4) is 0 Å². The Labute approximate surface area is 93.1 Å². The number of amides is 2. The molecule has 0 spiro atoms. The van der Waals surface area contributed by atoms with Gasteiger partial charge in [0, 0.05) is 23.9 Å². The van der Waals surface area contributed by atoms with Gasteiger partial charge in [0.25, 0.3) is 5.91 Å². The normalized spacial score (nSPS) is 18.9. The van der Waals surface area contributed by atoms with Crippen LogP contribution in [0, 0.1) is 0 Å².